The second-order valence-electron chi connectivity index (χ2n) is 5.96. The van der Waals surface area contributed by atoms with Gasteiger partial charge in [-0.15, -0.1) is 0 Å². The second kappa shape index (κ2) is 8.96. The smallest absolute Gasteiger partial charge is 0.303 e. The van der Waals surface area contributed by atoms with Gasteiger partial charge in [0.2, 0.25) is 0 Å². The van der Waals surface area contributed by atoms with E-state index in [1.807, 2.05) is 19.1 Å². The van der Waals surface area contributed by atoms with Crippen LogP contribution in [0, 0.1) is 15.9 Å². The van der Waals surface area contributed by atoms with E-state index in [-0.39, 0.29) is 17.1 Å². The molecule has 2 aromatic carbocycles. The Morgan fingerprint density at radius 3 is 2.59 bits per heavy atom. The minimum Gasteiger partial charge on any atom is -0.493 e. The number of hydrogen-bond donors (Lipinski definition) is 1. The number of nitrogens with zero attached hydrogens (tertiary/aromatic N) is 3. The van der Waals surface area contributed by atoms with Crippen molar-refractivity contribution in [1.82, 2.24) is 9.97 Å². The van der Waals surface area contributed by atoms with Gasteiger partial charge in [0.05, 0.1) is 36.6 Å². The van der Waals surface area contributed by atoms with Gasteiger partial charge < -0.3 is 14.8 Å². The summed E-state index contributed by atoms with van der Waals surface area (Å²) in [6.45, 7) is 2.67. The number of benzene rings is 2. The van der Waals surface area contributed by atoms with E-state index in [1.54, 1.807) is 25.3 Å². The minimum absolute atomic E-state index is 0.0739. The Labute approximate surface area is 166 Å². The maximum absolute atomic E-state index is 13.1. The molecule has 0 amide bonds. The average molecular weight is 398 g/mol. The van der Waals surface area contributed by atoms with Crippen molar-refractivity contribution in [2.24, 2.45) is 0 Å². The third-order valence-electron chi connectivity index (χ3n) is 4.09. The molecular weight excluding hydrogens is 379 g/mol. The lowest BCUT2D eigenvalue weighted by Gasteiger charge is -2.13. The summed E-state index contributed by atoms with van der Waals surface area (Å²) >= 11 is 0. The van der Waals surface area contributed by atoms with Crippen LogP contribution in [0.25, 0.3) is 11.4 Å². The highest BCUT2D eigenvalue weighted by atomic mass is 19.1. The first-order valence-electron chi connectivity index (χ1n) is 8.82. The predicted molar refractivity (Wildman–Crippen MR) is 106 cm³/mol. The Bertz CT molecular complexity index is 1010. The summed E-state index contributed by atoms with van der Waals surface area (Å²) in [6.07, 6.45) is 1.94. The maximum atomic E-state index is 13.1. The molecular formula is C20H19FN4O4. The first kappa shape index (κ1) is 20.0. The number of nitro groups is 1. The van der Waals surface area contributed by atoms with Gasteiger partial charge in [-0.2, -0.15) is 0 Å². The zero-order valence-electron chi connectivity index (χ0n) is 15.9. The molecule has 0 atom stereocenters. The van der Waals surface area contributed by atoms with Crippen LogP contribution in [0.4, 0.5) is 15.8 Å². The number of hydrogen-bond acceptors (Lipinski definition) is 7. The van der Waals surface area contributed by atoms with Crippen molar-refractivity contribution in [1.29, 1.82) is 0 Å². The molecule has 3 aromatic rings. The molecule has 29 heavy (non-hydrogen) atoms. The van der Waals surface area contributed by atoms with Gasteiger partial charge in [0.1, 0.15) is 5.69 Å². The van der Waals surface area contributed by atoms with E-state index >= 15 is 0 Å². The first-order valence-corrected chi connectivity index (χ1v) is 8.82. The van der Waals surface area contributed by atoms with E-state index in [9.17, 15) is 14.5 Å². The van der Waals surface area contributed by atoms with Crippen LogP contribution in [-0.4, -0.2) is 28.6 Å². The van der Waals surface area contributed by atoms with Gasteiger partial charge in [0.15, 0.2) is 23.1 Å². The molecule has 9 heteroatoms. The average Bonchev–Trinajstić information content (AvgIpc) is 2.73. The lowest BCUT2D eigenvalue weighted by atomic mass is 10.1. The van der Waals surface area contributed by atoms with E-state index < -0.39 is 10.7 Å². The summed E-state index contributed by atoms with van der Waals surface area (Å²) in [7, 11) is 1.56. The van der Waals surface area contributed by atoms with Crippen LogP contribution in [0.2, 0.25) is 0 Å². The molecule has 0 radical (unpaired) electrons. The molecule has 1 heterocycles. The number of methoxy groups -OCH3 is 1. The zero-order valence-corrected chi connectivity index (χ0v) is 15.9. The lowest BCUT2D eigenvalue weighted by molar-refractivity contribution is -0.383. The number of para-hydroxylation sites is 1. The van der Waals surface area contributed by atoms with Gasteiger partial charge in [-0.3, -0.25) is 10.1 Å². The van der Waals surface area contributed by atoms with Crippen molar-refractivity contribution in [3.05, 3.63) is 70.3 Å². The highest BCUT2D eigenvalue weighted by Crippen LogP contribution is 2.35. The van der Waals surface area contributed by atoms with Crippen molar-refractivity contribution in [3.8, 4) is 22.9 Å². The first-order chi connectivity index (χ1) is 14.0. The molecule has 3 rings (SSSR count). The Morgan fingerprint density at radius 2 is 1.93 bits per heavy atom. The Morgan fingerprint density at radius 1 is 1.17 bits per heavy atom. The molecule has 0 saturated carbocycles. The molecule has 0 saturated heterocycles. The number of rotatable bonds is 8. The van der Waals surface area contributed by atoms with E-state index in [1.165, 1.54) is 6.07 Å². The second-order valence-corrected chi connectivity index (χ2v) is 5.96. The normalized spacial score (nSPS) is 10.4. The van der Waals surface area contributed by atoms with Crippen LogP contribution in [0.1, 0.15) is 12.5 Å². The Kier molecular flexibility index (Phi) is 6.18. The summed E-state index contributed by atoms with van der Waals surface area (Å²) in [4.78, 5) is 18.9. The largest absolute Gasteiger partial charge is 0.493 e. The van der Waals surface area contributed by atoms with Gasteiger partial charge in [-0.1, -0.05) is 12.1 Å². The number of nitro benzene ring substituents is 1. The van der Waals surface area contributed by atoms with Crippen molar-refractivity contribution in [2.45, 2.75) is 13.5 Å². The topological polar surface area (TPSA) is 99.4 Å². The van der Waals surface area contributed by atoms with E-state index in [0.29, 0.717) is 30.3 Å². The predicted octanol–water partition coefficient (Wildman–Crippen LogP) is 4.21. The maximum Gasteiger partial charge on any atom is 0.303 e. The van der Waals surface area contributed by atoms with Crippen molar-refractivity contribution >= 4 is 11.4 Å². The molecule has 0 aliphatic carbocycles. The number of aromatic nitrogens is 2. The molecule has 0 aliphatic rings. The summed E-state index contributed by atoms with van der Waals surface area (Å²) in [5, 5.41) is 14.8. The van der Waals surface area contributed by atoms with Gasteiger partial charge in [0, 0.05) is 6.54 Å². The quantitative estimate of drug-likeness (QED) is 0.448. The summed E-state index contributed by atoms with van der Waals surface area (Å²) < 4.78 is 23.9. The summed E-state index contributed by atoms with van der Waals surface area (Å²) in [5.74, 6) is 0.661. The molecule has 0 spiro atoms. The summed E-state index contributed by atoms with van der Waals surface area (Å²) in [5.41, 5.74) is 1.17. The number of ether oxygens (including phenoxy) is 2. The molecule has 150 valence electrons. The lowest BCUT2D eigenvalue weighted by Crippen LogP contribution is -2.05. The minimum atomic E-state index is -0.615. The standard InChI is InChI=1S/C20H19FN4O4/c1-3-29-18-9-13(7-8-17(18)28-2)10-22-16-6-4-5-15(19(16)25(26)27)20-23-11-14(21)12-24-20/h4-9,11-12,22H,3,10H2,1-2H3. The number of halogens is 1. The van der Waals surface area contributed by atoms with E-state index in [0.717, 1.165) is 18.0 Å². The third-order valence-corrected chi connectivity index (χ3v) is 4.09. The highest BCUT2D eigenvalue weighted by Gasteiger charge is 2.22. The van der Waals surface area contributed by atoms with Crippen LogP contribution in [0.15, 0.2) is 48.8 Å². The molecule has 0 bridgehead atoms. The van der Waals surface area contributed by atoms with Gasteiger partial charge in [0.25, 0.3) is 0 Å². The molecule has 0 unspecified atom stereocenters. The van der Waals surface area contributed by atoms with Crippen LogP contribution < -0.4 is 14.8 Å². The van der Waals surface area contributed by atoms with Gasteiger partial charge >= 0.3 is 5.69 Å². The number of nitrogens with one attached hydrogen (secondary N) is 1. The number of anilines is 1. The third kappa shape index (κ3) is 4.57. The molecule has 0 aliphatic heterocycles. The van der Waals surface area contributed by atoms with E-state index in [2.05, 4.69) is 15.3 Å². The molecule has 0 fully saturated rings. The van der Waals surface area contributed by atoms with Gasteiger partial charge in [-0.05, 0) is 36.8 Å². The van der Waals surface area contributed by atoms with Crippen LogP contribution >= 0.6 is 0 Å². The van der Waals surface area contributed by atoms with Crippen molar-refractivity contribution in [2.75, 3.05) is 19.0 Å². The van der Waals surface area contributed by atoms with Crippen LogP contribution in [0.5, 0.6) is 11.5 Å². The fourth-order valence-electron chi connectivity index (χ4n) is 2.81. The monoisotopic (exact) mass is 398 g/mol. The van der Waals surface area contributed by atoms with Crippen LogP contribution in [0.3, 0.4) is 0 Å². The Balaban J connectivity index is 1.90. The SMILES string of the molecule is CCOc1cc(CNc2cccc(-c3ncc(F)cn3)c2[N+](=O)[O-])ccc1OC. The summed E-state index contributed by atoms with van der Waals surface area (Å²) in [6, 6.07) is 10.2. The van der Waals surface area contributed by atoms with E-state index in [4.69, 9.17) is 9.47 Å². The van der Waals surface area contributed by atoms with Crippen molar-refractivity contribution < 1.29 is 18.8 Å². The molecule has 1 N–H and O–H groups in total. The molecule has 8 nitrogen and oxygen atoms in total. The fraction of sp³-hybridized carbons (Fsp3) is 0.200. The Hall–Kier alpha value is -3.75. The fourth-order valence-corrected chi connectivity index (χ4v) is 2.81. The highest BCUT2D eigenvalue weighted by molar-refractivity contribution is 5.79. The van der Waals surface area contributed by atoms with Crippen LogP contribution in [-0.2, 0) is 6.54 Å². The van der Waals surface area contributed by atoms with Gasteiger partial charge in [-0.25, -0.2) is 14.4 Å². The van der Waals surface area contributed by atoms with Crippen molar-refractivity contribution in [3.63, 3.8) is 0 Å². The zero-order chi connectivity index (χ0) is 20.8. The molecule has 1 aromatic heterocycles.